The van der Waals surface area contributed by atoms with Crippen LogP contribution in [0, 0.1) is 21.4 Å². The summed E-state index contributed by atoms with van der Waals surface area (Å²) in [5.74, 6) is 0. The van der Waals surface area contributed by atoms with Crippen LogP contribution in [0.15, 0.2) is 16.9 Å². The smallest absolute Gasteiger partial charge is 0.258 e. The molecule has 1 rings (SSSR count). The molecule has 60 valence electrons. The molecule has 0 aliphatic rings. The van der Waals surface area contributed by atoms with Crippen LogP contribution in [0.4, 0.5) is 5.69 Å². The second-order valence-corrected chi connectivity index (χ2v) is 2.65. The number of pyridine rings is 1. The molecule has 0 saturated carbocycles. The van der Waals surface area contributed by atoms with Crippen LogP contribution in [0.1, 0.15) is 5.56 Å². The molecule has 12 heavy (non-hydrogen) atoms. The van der Waals surface area contributed by atoms with E-state index in [1.807, 2.05) is 0 Å². The van der Waals surface area contributed by atoms with Gasteiger partial charge in [-0.15, -0.1) is 0 Å². The van der Waals surface area contributed by atoms with Gasteiger partial charge in [0.2, 0.25) is 0 Å². The first kappa shape index (κ1) is 8.62. The molecule has 0 unspecified atom stereocenters. The Morgan fingerprint density at radius 2 is 2.42 bits per heavy atom. The number of hydrogen-bond donors (Lipinski definition) is 0. The highest BCUT2D eigenvalue weighted by molar-refractivity contribution is 9.10. The molecule has 0 N–H and O–H groups in total. The first-order chi connectivity index (χ1) is 5.65. The highest BCUT2D eigenvalue weighted by atomic mass is 79.9. The molecule has 0 radical (unpaired) electrons. The van der Waals surface area contributed by atoms with E-state index < -0.39 is 4.92 Å². The fourth-order valence-corrected chi connectivity index (χ4v) is 0.987. The Labute approximate surface area is 75.9 Å². The summed E-state index contributed by atoms with van der Waals surface area (Å²) in [7, 11) is 0. The summed E-state index contributed by atoms with van der Waals surface area (Å²) in [5, 5.41) is 18.7. The highest BCUT2D eigenvalue weighted by Crippen LogP contribution is 2.22. The van der Waals surface area contributed by atoms with Gasteiger partial charge in [0.25, 0.3) is 0 Å². The SMILES string of the molecule is N#Cc1cnc(Br)c([N+](=O)[O-])c1. The van der Waals surface area contributed by atoms with Gasteiger partial charge in [0.05, 0.1) is 10.5 Å². The molecule has 1 aromatic heterocycles. The van der Waals surface area contributed by atoms with Crippen molar-refractivity contribution in [2.45, 2.75) is 0 Å². The molecular formula is C6H2BrN3O2. The van der Waals surface area contributed by atoms with Gasteiger partial charge in [0, 0.05) is 12.3 Å². The number of nitriles is 1. The van der Waals surface area contributed by atoms with Crippen LogP contribution in [0.25, 0.3) is 0 Å². The average molecular weight is 228 g/mol. The Bertz CT molecular complexity index is 372. The third-order valence-corrected chi connectivity index (χ3v) is 1.76. The van der Waals surface area contributed by atoms with Crippen LogP contribution < -0.4 is 0 Å². The third kappa shape index (κ3) is 1.57. The van der Waals surface area contributed by atoms with Crippen LogP contribution in [0.5, 0.6) is 0 Å². The predicted octanol–water partition coefficient (Wildman–Crippen LogP) is 1.62. The summed E-state index contributed by atoms with van der Waals surface area (Å²) in [4.78, 5) is 13.3. The fourth-order valence-electron chi connectivity index (χ4n) is 0.626. The summed E-state index contributed by atoms with van der Waals surface area (Å²) in [6, 6.07) is 2.93. The first-order valence-electron chi connectivity index (χ1n) is 2.85. The van der Waals surface area contributed by atoms with Gasteiger partial charge in [-0.2, -0.15) is 5.26 Å². The Balaban J connectivity index is 3.28. The van der Waals surface area contributed by atoms with E-state index in [0.717, 1.165) is 6.07 Å². The van der Waals surface area contributed by atoms with Crippen molar-refractivity contribution in [3.8, 4) is 6.07 Å². The Morgan fingerprint density at radius 1 is 1.75 bits per heavy atom. The Morgan fingerprint density at radius 3 is 2.92 bits per heavy atom. The van der Waals surface area contributed by atoms with Crippen LogP contribution in [-0.2, 0) is 0 Å². The minimum atomic E-state index is -0.599. The van der Waals surface area contributed by atoms with Gasteiger partial charge in [-0.05, 0) is 15.9 Å². The molecule has 0 atom stereocenters. The standard InChI is InChI=1S/C6H2BrN3O2/c7-6-5(10(11)12)1-4(2-8)3-9-6/h1,3H. The van der Waals surface area contributed by atoms with Gasteiger partial charge in [-0.1, -0.05) is 0 Å². The van der Waals surface area contributed by atoms with E-state index in [1.165, 1.54) is 6.20 Å². The van der Waals surface area contributed by atoms with E-state index in [1.54, 1.807) is 6.07 Å². The van der Waals surface area contributed by atoms with E-state index in [2.05, 4.69) is 20.9 Å². The molecule has 1 heterocycles. The fraction of sp³-hybridized carbons (Fsp3) is 0. The number of rotatable bonds is 1. The topological polar surface area (TPSA) is 79.8 Å². The number of aromatic nitrogens is 1. The quantitative estimate of drug-likeness (QED) is 0.415. The second-order valence-electron chi connectivity index (χ2n) is 1.90. The van der Waals surface area contributed by atoms with Gasteiger partial charge in [-0.3, -0.25) is 10.1 Å². The minimum Gasteiger partial charge on any atom is -0.258 e. The lowest BCUT2D eigenvalue weighted by Gasteiger charge is -1.93. The third-order valence-electron chi connectivity index (χ3n) is 1.15. The van der Waals surface area contributed by atoms with E-state index >= 15 is 0 Å². The van der Waals surface area contributed by atoms with Crippen LogP contribution in [0.3, 0.4) is 0 Å². The van der Waals surface area contributed by atoms with Crippen molar-refractivity contribution >= 4 is 21.6 Å². The summed E-state index contributed by atoms with van der Waals surface area (Å²) in [6.45, 7) is 0. The van der Waals surface area contributed by atoms with E-state index in [-0.39, 0.29) is 15.9 Å². The summed E-state index contributed by atoms with van der Waals surface area (Å²) in [6.07, 6.45) is 1.26. The molecule has 0 amide bonds. The molecule has 1 aromatic rings. The van der Waals surface area contributed by atoms with Crippen LogP contribution in [0.2, 0.25) is 0 Å². The van der Waals surface area contributed by atoms with E-state index in [0.29, 0.717) is 0 Å². The maximum Gasteiger partial charge on any atom is 0.303 e. The van der Waals surface area contributed by atoms with E-state index in [9.17, 15) is 10.1 Å². The minimum absolute atomic E-state index is 0.131. The van der Waals surface area contributed by atoms with Crippen molar-refractivity contribution in [3.63, 3.8) is 0 Å². The monoisotopic (exact) mass is 227 g/mol. The van der Waals surface area contributed by atoms with Crippen molar-refractivity contribution in [1.82, 2.24) is 4.98 Å². The maximum atomic E-state index is 10.3. The molecule has 0 fully saturated rings. The van der Waals surface area contributed by atoms with Gasteiger partial charge >= 0.3 is 5.69 Å². The molecule has 0 spiro atoms. The molecule has 0 aliphatic heterocycles. The highest BCUT2D eigenvalue weighted by Gasteiger charge is 2.13. The van der Waals surface area contributed by atoms with Crippen LogP contribution >= 0.6 is 15.9 Å². The molecule has 0 bridgehead atoms. The first-order valence-corrected chi connectivity index (χ1v) is 3.64. The molecule has 0 saturated heterocycles. The van der Waals surface area contributed by atoms with Crippen molar-refractivity contribution in [2.24, 2.45) is 0 Å². The molecule has 6 heteroatoms. The number of nitrogens with zero attached hydrogens (tertiary/aromatic N) is 3. The average Bonchev–Trinajstić information content (AvgIpc) is 2.05. The zero-order valence-electron chi connectivity index (χ0n) is 5.69. The Kier molecular flexibility index (Phi) is 2.35. The van der Waals surface area contributed by atoms with Gasteiger partial charge < -0.3 is 0 Å². The summed E-state index contributed by atoms with van der Waals surface area (Å²) in [5.41, 5.74) is -0.0287. The molecule has 0 aliphatic carbocycles. The normalized spacial score (nSPS) is 9.00. The lowest BCUT2D eigenvalue weighted by molar-refractivity contribution is -0.386. The largest absolute Gasteiger partial charge is 0.303 e. The van der Waals surface area contributed by atoms with Crippen molar-refractivity contribution in [2.75, 3.05) is 0 Å². The number of hydrogen-bond acceptors (Lipinski definition) is 4. The number of nitro groups is 1. The molecule has 0 aromatic carbocycles. The lowest BCUT2D eigenvalue weighted by Crippen LogP contribution is -1.92. The molecule has 5 nitrogen and oxygen atoms in total. The van der Waals surface area contributed by atoms with Crippen molar-refractivity contribution < 1.29 is 4.92 Å². The second kappa shape index (κ2) is 3.28. The van der Waals surface area contributed by atoms with Gasteiger partial charge in [-0.25, -0.2) is 4.98 Å². The summed E-state index contributed by atoms with van der Waals surface area (Å²) < 4.78 is 0.131. The summed E-state index contributed by atoms with van der Waals surface area (Å²) >= 11 is 2.90. The van der Waals surface area contributed by atoms with Gasteiger partial charge in [0.15, 0.2) is 4.60 Å². The van der Waals surface area contributed by atoms with E-state index in [4.69, 9.17) is 5.26 Å². The van der Waals surface area contributed by atoms with Gasteiger partial charge in [0.1, 0.15) is 6.07 Å². The van der Waals surface area contributed by atoms with Crippen molar-refractivity contribution in [3.05, 3.63) is 32.5 Å². The van der Waals surface area contributed by atoms with Crippen molar-refractivity contribution in [1.29, 1.82) is 5.26 Å². The number of halogens is 1. The van der Waals surface area contributed by atoms with Crippen LogP contribution in [-0.4, -0.2) is 9.91 Å². The maximum absolute atomic E-state index is 10.3. The Hall–Kier alpha value is -1.48. The predicted molar refractivity (Wildman–Crippen MR) is 43.3 cm³/mol. The zero-order valence-corrected chi connectivity index (χ0v) is 7.28. The molecular weight excluding hydrogens is 226 g/mol. The lowest BCUT2D eigenvalue weighted by atomic mass is 10.3. The zero-order chi connectivity index (χ0) is 9.14.